The quantitative estimate of drug-likeness (QED) is 0.712. The molecule has 0 bridgehead atoms. The summed E-state index contributed by atoms with van der Waals surface area (Å²) in [4.78, 5) is 10.9. The molecule has 94 valence electrons. The van der Waals surface area contributed by atoms with Crippen LogP contribution in [-0.4, -0.2) is 19.7 Å². The highest BCUT2D eigenvalue weighted by Crippen LogP contribution is 2.16. The molecule has 0 saturated heterocycles. The molecule has 0 aliphatic rings. The third kappa shape index (κ3) is 4.89. The van der Waals surface area contributed by atoms with Gasteiger partial charge in [-0.1, -0.05) is 32.4 Å². The summed E-state index contributed by atoms with van der Waals surface area (Å²) in [6, 6.07) is 7.86. The molecule has 0 aromatic heterocycles. The van der Waals surface area contributed by atoms with Crippen LogP contribution in [-0.2, 0) is 16.0 Å². The Kier molecular flexibility index (Phi) is 5.53. The molecule has 3 nitrogen and oxygen atoms in total. The Balaban J connectivity index is 2.47. The first-order chi connectivity index (χ1) is 8.15. The normalized spacial score (nSPS) is 11.9. The lowest BCUT2D eigenvalue weighted by atomic mass is 9.99. The summed E-state index contributed by atoms with van der Waals surface area (Å²) in [5.74, 6) is 1.02. The van der Waals surface area contributed by atoms with Gasteiger partial charge in [0.25, 0.3) is 0 Å². The monoisotopic (exact) mass is 236 g/mol. The van der Waals surface area contributed by atoms with Gasteiger partial charge in [0.1, 0.15) is 5.75 Å². The van der Waals surface area contributed by atoms with E-state index in [-0.39, 0.29) is 12.6 Å². The molecule has 17 heavy (non-hydrogen) atoms. The molecule has 1 rings (SSSR count). The van der Waals surface area contributed by atoms with Gasteiger partial charge in [-0.05, 0) is 30.0 Å². The largest absolute Gasteiger partial charge is 0.482 e. The lowest BCUT2D eigenvalue weighted by molar-refractivity contribution is -0.142. The minimum atomic E-state index is -0.367. The molecule has 1 aromatic carbocycles. The number of ether oxygens (including phenoxy) is 2. The second kappa shape index (κ2) is 6.94. The van der Waals surface area contributed by atoms with Crippen LogP contribution in [0.1, 0.15) is 25.8 Å². The zero-order valence-electron chi connectivity index (χ0n) is 10.7. The lowest BCUT2D eigenvalue weighted by Crippen LogP contribution is -2.12. The molecule has 0 amide bonds. The van der Waals surface area contributed by atoms with E-state index in [1.54, 1.807) is 0 Å². The number of methoxy groups -OCH3 is 1. The highest BCUT2D eigenvalue weighted by atomic mass is 16.6. The van der Waals surface area contributed by atoms with Crippen LogP contribution in [0, 0.1) is 5.92 Å². The standard InChI is InChI=1S/C14H20O3/c1-4-11(2)9-12-5-7-13(8-6-12)17-10-14(15)16-3/h5-8,11H,4,9-10H2,1-3H3. The topological polar surface area (TPSA) is 35.5 Å². The van der Waals surface area contributed by atoms with E-state index >= 15 is 0 Å². The molecule has 0 aliphatic carbocycles. The molecule has 0 saturated carbocycles. The minimum absolute atomic E-state index is 0.0405. The Morgan fingerprint density at radius 3 is 2.47 bits per heavy atom. The van der Waals surface area contributed by atoms with Crippen LogP contribution in [0.4, 0.5) is 0 Å². The molecule has 0 N–H and O–H groups in total. The van der Waals surface area contributed by atoms with Gasteiger partial charge in [-0.3, -0.25) is 0 Å². The number of carbonyl (C=O) groups excluding carboxylic acids is 1. The number of hydrogen-bond acceptors (Lipinski definition) is 3. The van der Waals surface area contributed by atoms with Gasteiger partial charge in [-0.15, -0.1) is 0 Å². The van der Waals surface area contributed by atoms with Crippen molar-refractivity contribution >= 4 is 5.97 Å². The predicted molar refractivity (Wildman–Crippen MR) is 67.1 cm³/mol. The van der Waals surface area contributed by atoms with Gasteiger partial charge < -0.3 is 9.47 Å². The summed E-state index contributed by atoms with van der Waals surface area (Å²) >= 11 is 0. The van der Waals surface area contributed by atoms with Gasteiger partial charge in [0, 0.05) is 0 Å². The van der Waals surface area contributed by atoms with Crippen molar-refractivity contribution in [2.24, 2.45) is 5.92 Å². The van der Waals surface area contributed by atoms with Gasteiger partial charge in [0.05, 0.1) is 7.11 Å². The molecule has 0 fully saturated rings. The van der Waals surface area contributed by atoms with Crippen molar-refractivity contribution in [3.05, 3.63) is 29.8 Å². The zero-order chi connectivity index (χ0) is 12.7. The third-order valence-electron chi connectivity index (χ3n) is 2.79. The first-order valence-corrected chi connectivity index (χ1v) is 5.94. The van der Waals surface area contributed by atoms with E-state index in [4.69, 9.17) is 4.74 Å². The summed E-state index contributed by atoms with van der Waals surface area (Å²) in [6.45, 7) is 4.39. The van der Waals surface area contributed by atoms with E-state index in [0.29, 0.717) is 11.7 Å². The molecular formula is C14H20O3. The van der Waals surface area contributed by atoms with E-state index in [1.807, 2.05) is 24.3 Å². The van der Waals surface area contributed by atoms with Crippen molar-refractivity contribution < 1.29 is 14.3 Å². The number of hydrogen-bond donors (Lipinski definition) is 0. The van der Waals surface area contributed by atoms with Crippen LogP contribution in [0.2, 0.25) is 0 Å². The van der Waals surface area contributed by atoms with Gasteiger partial charge in [0.15, 0.2) is 6.61 Å². The Labute approximate surface area is 103 Å². The van der Waals surface area contributed by atoms with Crippen molar-refractivity contribution in [1.82, 2.24) is 0 Å². The number of esters is 1. The minimum Gasteiger partial charge on any atom is -0.482 e. The third-order valence-corrected chi connectivity index (χ3v) is 2.79. The molecule has 0 heterocycles. The van der Waals surface area contributed by atoms with E-state index in [0.717, 1.165) is 6.42 Å². The fourth-order valence-electron chi connectivity index (χ4n) is 1.47. The van der Waals surface area contributed by atoms with E-state index in [1.165, 1.54) is 19.1 Å². The summed E-state index contributed by atoms with van der Waals surface area (Å²) in [6.07, 6.45) is 2.26. The Hall–Kier alpha value is -1.51. The van der Waals surface area contributed by atoms with Crippen molar-refractivity contribution in [1.29, 1.82) is 0 Å². The van der Waals surface area contributed by atoms with Crippen LogP contribution in [0.5, 0.6) is 5.75 Å². The first-order valence-electron chi connectivity index (χ1n) is 5.94. The first kappa shape index (κ1) is 13.6. The van der Waals surface area contributed by atoms with Gasteiger partial charge in [0.2, 0.25) is 0 Å². The molecule has 0 aliphatic heterocycles. The van der Waals surface area contributed by atoms with E-state index in [2.05, 4.69) is 18.6 Å². The van der Waals surface area contributed by atoms with Gasteiger partial charge in [-0.25, -0.2) is 4.79 Å². The van der Waals surface area contributed by atoms with Crippen molar-refractivity contribution in [2.45, 2.75) is 26.7 Å². The van der Waals surface area contributed by atoms with Crippen molar-refractivity contribution in [3.8, 4) is 5.75 Å². The van der Waals surface area contributed by atoms with Crippen LogP contribution in [0.15, 0.2) is 24.3 Å². The average Bonchev–Trinajstić information content (AvgIpc) is 2.37. The highest BCUT2D eigenvalue weighted by Gasteiger charge is 2.03. The molecule has 3 heteroatoms. The fourth-order valence-corrected chi connectivity index (χ4v) is 1.47. The summed E-state index contributed by atoms with van der Waals surface area (Å²) in [5, 5.41) is 0. The van der Waals surface area contributed by atoms with Crippen LogP contribution in [0.3, 0.4) is 0 Å². The predicted octanol–water partition coefficient (Wildman–Crippen LogP) is 2.83. The smallest absolute Gasteiger partial charge is 0.343 e. The maximum Gasteiger partial charge on any atom is 0.343 e. The van der Waals surface area contributed by atoms with E-state index in [9.17, 15) is 4.79 Å². The maximum atomic E-state index is 10.9. The Morgan fingerprint density at radius 1 is 1.29 bits per heavy atom. The highest BCUT2D eigenvalue weighted by molar-refractivity contribution is 5.70. The molecule has 0 radical (unpaired) electrons. The molecular weight excluding hydrogens is 216 g/mol. The zero-order valence-corrected chi connectivity index (χ0v) is 10.7. The second-order valence-corrected chi connectivity index (χ2v) is 4.23. The SMILES string of the molecule is CCC(C)Cc1ccc(OCC(=O)OC)cc1. The summed E-state index contributed by atoms with van der Waals surface area (Å²) in [7, 11) is 1.35. The van der Waals surface area contributed by atoms with Gasteiger partial charge >= 0.3 is 5.97 Å². The summed E-state index contributed by atoms with van der Waals surface area (Å²) < 4.78 is 9.77. The van der Waals surface area contributed by atoms with Crippen LogP contribution < -0.4 is 4.74 Å². The number of rotatable bonds is 6. The molecule has 1 atom stereocenters. The fraction of sp³-hybridized carbons (Fsp3) is 0.500. The van der Waals surface area contributed by atoms with Crippen molar-refractivity contribution in [2.75, 3.05) is 13.7 Å². The number of carbonyl (C=O) groups is 1. The molecule has 0 spiro atoms. The lowest BCUT2D eigenvalue weighted by Gasteiger charge is -2.09. The Bertz CT molecular complexity index is 343. The molecule has 1 unspecified atom stereocenters. The Morgan fingerprint density at radius 2 is 1.94 bits per heavy atom. The van der Waals surface area contributed by atoms with Crippen LogP contribution >= 0.6 is 0 Å². The summed E-state index contributed by atoms with van der Waals surface area (Å²) in [5.41, 5.74) is 1.30. The average molecular weight is 236 g/mol. The number of benzene rings is 1. The molecule has 1 aromatic rings. The van der Waals surface area contributed by atoms with Gasteiger partial charge in [-0.2, -0.15) is 0 Å². The van der Waals surface area contributed by atoms with Crippen LogP contribution in [0.25, 0.3) is 0 Å². The van der Waals surface area contributed by atoms with Crippen molar-refractivity contribution in [3.63, 3.8) is 0 Å². The van der Waals surface area contributed by atoms with E-state index < -0.39 is 0 Å². The maximum absolute atomic E-state index is 10.9. The second-order valence-electron chi connectivity index (χ2n) is 4.23.